The fraction of sp³-hybridized carbons (Fsp3) is 0.478. The normalized spacial score (nSPS) is 19.1. The molecule has 0 amide bonds. The number of hydrogen-bond donors (Lipinski definition) is 0. The molecule has 0 N–H and O–H groups in total. The molecule has 1 atom stereocenters. The number of nitriles is 2. The Labute approximate surface area is 181 Å². The third kappa shape index (κ3) is 6.31. The monoisotopic (exact) mass is 419 g/mol. The van der Waals surface area contributed by atoms with Crippen LogP contribution in [0.25, 0.3) is 11.4 Å². The van der Waals surface area contributed by atoms with Crippen LogP contribution in [-0.2, 0) is 9.53 Å². The van der Waals surface area contributed by atoms with Gasteiger partial charge in [0.1, 0.15) is 29.6 Å². The van der Waals surface area contributed by atoms with Crippen LogP contribution in [0.2, 0.25) is 0 Å². The molecule has 8 heteroatoms. The molecule has 1 aliphatic carbocycles. The van der Waals surface area contributed by atoms with E-state index in [2.05, 4.69) is 21.0 Å². The number of ketones is 1. The van der Waals surface area contributed by atoms with Gasteiger partial charge in [0.15, 0.2) is 5.82 Å². The third-order valence-corrected chi connectivity index (χ3v) is 5.16. The van der Waals surface area contributed by atoms with E-state index in [1.807, 2.05) is 13.0 Å². The maximum Gasteiger partial charge on any atom is 0.231 e. The Morgan fingerprint density at radius 2 is 1.77 bits per heavy atom. The summed E-state index contributed by atoms with van der Waals surface area (Å²) in [4.78, 5) is 23.8. The second-order valence-electron chi connectivity index (χ2n) is 7.96. The zero-order valence-electron chi connectivity index (χ0n) is 17.7. The zero-order chi connectivity index (χ0) is 22.2. The van der Waals surface area contributed by atoms with Gasteiger partial charge in [-0.3, -0.25) is 0 Å². The van der Waals surface area contributed by atoms with Crippen LogP contribution in [0.1, 0.15) is 57.1 Å². The third-order valence-electron chi connectivity index (χ3n) is 5.16. The average molecular weight is 419 g/mol. The number of aromatic nitrogens is 3. The van der Waals surface area contributed by atoms with Crippen molar-refractivity contribution in [3.8, 4) is 29.4 Å². The number of ether oxygens (including phenoxy) is 2. The first-order valence-corrected chi connectivity index (χ1v) is 10.4. The Balaban J connectivity index is 1.55. The summed E-state index contributed by atoms with van der Waals surface area (Å²) in [6.07, 6.45) is 8.51. The van der Waals surface area contributed by atoms with E-state index in [0.717, 1.165) is 25.7 Å². The maximum absolute atomic E-state index is 11.2. The van der Waals surface area contributed by atoms with Gasteiger partial charge in [-0.05, 0) is 44.6 Å². The quantitative estimate of drug-likeness (QED) is 0.636. The highest BCUT2D eigenvalue weighted by Gasteiger charge is 2.25. The summed E-state index contributed by atoms with van der Waals surface area (Å²) in [5, 5.41) is 18.4. The van der Waals surface area contributed by atoms with Gasteiger partial charge in [-0.1, -0.05) is 6.92 Å². The van der Waals surface area contributed by atoms with Gasteiger partial charge in [0, 0.05) is 37.2 Å². The minimum Gasteiger partial charge on any atom is -0.473 e. The molecule has 0 aliphatic heterocycles. The molecule has 3 rings (SSSR count). The van der Waals surface area contributed by atoms with Crippen molar-refractivity contribution in [1.82, 2.24) is 15.0 Å². The highest BCUT2D eigenvalue weighted by Crippen LogP contribution is 2.28. The van der Waals surface area contributed by atoms with Crippen LogP contribution in [-0.4, -0.2) is 39.5 Å². The minimum atomic E-state index is -0.0221. The number of carbonyl (C=O) groups is 1. The second-order valence-corrected chi connectivity index (χ2v) is 7.96. The van der Waals surface area contributed by atoms with Crippen LogP contribution < -0.4 is 4.74 Å². The summed E-state index contributed by atoms with van der Waals surface area (Å²) < 4.78 is 12.0. The average Bonchev–Trinajstić information content (AvgIpc) is 2.78. The number of hydrogen-bond acceptors (Lipinski definition) is 8. The first-order valence-electron chi connectivity index (χ1n) is 10.4. The molecule has 31 heavy (non-hydrogen) atoms. The number of rotatable bonds is 8. The maximum atomic E-state index is 11.2. The zero-order valence-corrected chi connectivity index (χ0v) is 17.7. The van der Waals surface area contributed by atoms with Gasteiger partial charge in [0.25, 0.3) is 0 Å². The van der Waals surface area contributed by atoms with E-state index in [1.54, 1.807) is 19.2 Å². The lowest BCUT2D eigenvalue weighted by Gasteiger charge is -2.29. The van der Waals surface area contributed by atoms with Gasteiger partial charge >= 0.3 is 0 Å². The van der Waals surface area contributed by atoms with Crippen molar-refractivity contribution >= 4 is 5.78 Å². The minimum absolute atomic E-state index is 0.0221. The van der Waals surface area contributed by atoms with Crippen LogP contribution in [0.3, 0.4) is 0 Å². The van der Waals surface area contributed by atoms with Crippen LogP contribution in [0.4, 0.5) is 0 Å². The van der Waals surface area contributed by atoms with Crippen molar-refractivity contribution in [2.75, 3.05) is 6.61 Å². The Kier molecular flexibility index (Phi) is 7.64. The Hall–Kier alpha value is -3.36. The lowest BCUT2D eigenvalue weighted by atomic mass is 9.94. The second kappa shape index (κ2) is 10.6. The molecular formula is C23H25N5O3. The molecule has 0 saturated heterocycles. The highest BCUT2D eigenvalue weighted by atomic mass is 16.5. The van der Waals surface area contributed by atoms with Gasteiger partial charge in [-0.25, -0.2) is 15.0 Å². The molecule has 1 fully saturated rings. The fourth-order valence-corrected chi connectivity index (χ4v) is 3.61. The summed E-state index contributed by atoms with van der Waals surface area (Å²) in [7, 11) is 0. The number of nitrogens with zero attached hydrogens (tertiary/aromatic N) is 5. The molecule has 0 radical (unpaired) electrons. The standard InChI is InChI=1S/C23H25N5O3/c1-15(7-16(2)29)14-30-20-3-5-21(6-4-20)31-23-18(10-25)8-19(13-28-23)22-26-11-17(9-24)12-27-22/h8,11-13,15,20-21H,3-7,14H2,1-2H3/t15-,20?,21?/m1/s1. The van der Waals surface area contributed by atoms with Crippen molar-refractivity contribution in [2.24, 2.45) is 5.92 Å². The Morgan fingerprint density at radius 1 is 1.10 bits per heavy atom. The number of pyridine rings is 1. The molecule has 2 aromatic heterocycles. The molecule has 0 aromatic carbocycles. The van der Waals surface area contributed by atoms with Crippen molar-refractivity contribution in [1.29, 1.82) is 10.5 Å². The van der Waals surface area contributed by atoms with Crippen molar-refractivity contribution in [2.45, 2.75) is 58.2 Å². The Morgan fingerprint density at radius 3 is 2.39 bits per heavy atom. The van der Waals surface area contributed by atoms with Crippen LogP contribution >= 0.6 is 0 Å². The van der Waals surface area contributed by atoms with E-state index in [4.69, 9.17) is 14.7 Å². The SMILES string of the molecule is CC(=O)C[C@@H](C)COC1CCC(Oc2ncc(-c3ncc(C#N)cn3)cc2C#N)CC1. The van der Waals surface area contributed by atoms with Crippen LogP contribution in [0.15, 0.2) is 24.7 Å². The van der Waals surface area contributed by atoms with E-state index in [-0.39, 0.29) is 23.9 Å². The molecule has 2 aromatic rings. The summed E-state index contributed by atoms with van der Waals surface area (Å²) >= 11 is 0. The molecule has 0 spiro atoms. The van der Waals surface area contributed by atoms with Crippen molar-refractivity contribution in [3.63, 3.8) is 0 Å². The summed E-state index contributed by atoms with van der Waals surface area (Å²) in [5.41, 5.74) is 1.28. The molecular weight excluding hydrogens is 394 g/mol. The van der Waals surface area contributed by atoms with E-state index < -0.39 is 0 Å². The van der Waals surface area contributed by atoms with Crippen molar-refractivity contribution < 1.29 is 14.3 Å². The predicted molar refractivity (Wildman–Crippen MR) is 112 cm³/mol. The number of Topliss-reactive ketones (excluding diaryl/α,β-unsaturated/α-hetero) is 1. The lowest BCUT2D eigenvalue weighted by molar-refractivity contribution is -0.118. The first kappa shape index (κ1) is 22.3. The van der Waals surface area contributed by atoms with Crippen LogP contribution in [0, 0.1) is 28.6 Å². The molecule has 2 heterocycles. The molecule has 0 bridgehead atoms. The molecule has 1 saturated carbocycles. The van der Waals surface area contributed by atoms with E-state index in [0.29, 0.717) is 41.4 Å². The van der Waals surface area contributed by atoms with Crippen LogP contribution in [0.5, 0.6) is 5.88 Å². The topological polar surface area (TPSA) is 122 Å². The van der Waals surface area contributed by atoms with Gasteiger partial charge in [-0.15, -0.1) is 0 Å². The van der Waals surface area contributed by atoms with Gasteiger partial charge in [0.2, 0.25) is 5.88 Å². The van der Waals surface area contributed by atoms with E-state index in [1.165, 1.54) is 12.4 Å². The molecule has 1 aliphatic rings. The highest BCUT2D eigenvalue weighted by molar-refractivity contribution is 5.75. The summed E-state index contributed by atoms with van der Waals surface area (Å²) in [6.45, 7) is 4.22. The largest absolute Gasteiger partial charge is 0.473 e. The van der Waals surface area contributed by atoms with Gasteiger partial charge in [-0.2, -0.15) is 10.5 Å². The smallest absolute Gasteiger partial charge is 0.231 e. The van der Waals surface area contributed by atoms with E-state index in [9.17, 15) is 10.1 Å². The summed E-state index contributed by atoms with van der Waals surface area (Å²) in [6, 6.07) is 5.75. The first-order chi connectivity index (χ1) is 15.0. The number of carbonyl (C=O) groups excluding carboxylic acids is 1. The summed E-state index contributed by atoms with van der Waals surface area (Å²) in [5.74, 6) is 1.11. The van der Waals surface area contributed by atoms with Gasteiger partial charge < -0.3 is 14.3 Å². The van der Waals surface area contributed by atoms with Gasteiger partial charge in [0.05, 0.1) is 11.7 Å². The fourth-order valence-electron chi connectivity index (χ4n) is 3.61. The molecule has 8 nitrogen and oxygen atoms in total. The molecule has 160 valence electrons. The lowest BCUT2D eigenvalue weighted by Crippen LogP contribution is -2.30. The molecule has 0 unspecified atom stereocenters. The Bertz CT molecular complexity index is 986. The predicted octanol–water partition coefficient (Wildman–Crippen LogP) is 3.60. The van der Waals surface area contributed by atoms with E-state index >= 15 is 0 Å². The van der Waals surface area contributed by atoms with Crippen molar-refractivity contribution in [3.05, 3.63) is 35.8 Å².